The first kappa shape index (κ1) is 14.4. The number of benzene rings is 1. The van der Waals surface area contributed by atoms with E-state index in [2.05, 4.69) is 62.2 Å². The molecule has 1 saturated heterocycles. The lowest BCUT2D eigenvalue weighted by Gasteiger charge is -2.26. The zero-order chi connectivity index (χ0) is 13.8. The summed E-state index contributed by atoms with van der Waals surface area (Å²) < 4.78 is 0. The van der Waals surface area contributed by atoms with Crippen molar-refractivity contribution in [1.82, 2.24) is 5.32 Å². The zero-order valence-electron chi connectivity index (χ0n) is 12.8. The molecule has 0 aliphatic carbocycles. The van der Waals surface area contributed by atoms with Gasteiger partial charge in [-0.2, -0.15) is 0 Å². The molecule has 19 heavy (non-hydrogen) atoms. The molecule has 2 rings (SSSR count). The summed E-state index contributed by atoms with van der Waals surface area (Å²) in [6, 6.07) is 9.40. The third-order valence-electron chi connectivity index (χ3n) is 4.50. The minimum absolute atomic E-state index is 0.479. The van der Waals surface area contributed by atoms with E-state index >= 15 is 0 Å². The molecule has 2 heteroatoms. The van der Waals surface area contributed by atoms with Crippen LogP contribution in [0.4, 0.5) is 5.69 Å². The van der Waals surface area contributed by atoms with Crippen molar-refractivity contribution in [1.29, 1.82) is 0 Å². The first-order valence-electron chi connectivity index (χ1n) is 7.74. The van der Waals surface area contributed by atoms with Gasteiger partial charge in [0, 0.05) is 24.8 Å². The maximum Gasteiger partial charge on any atom is 0.0414 e. The Labute approximate surface area is 118 Å². The van der Waals surface area contributed by atoms with Gasteiger partial charge < -0.3 is 10.2 Å². The van der Waals surface area contributed by atoms with Crippen molar-refractivity contribution in [3.63, 3.8) is 0 Å². The molecule has 0 saturated carbocycles. The second kappa shape index (κ2) is 6.42. The molecule has 1 aromatic carbocycles. The smallest absolute Gasteiger partial charge is 0.0414 e. The molecule has 106 valence electrons. The van der Waals surface area contributed by atoms with Crippen LogP contribution in [-0.4, -0.2) is 19.6 Å². The van der Waals surface area contributed by atoms with Gasteiger partial charge in [0.05, 0.1) is 0 Å². The Hall–Kier alpha value is -1.02. The summed E-state index contributed by atoms with van der Waals surface area (Å²) >= 11 is 0. The molecule has 3 atom stereocenters. The molecule has 0 radical (unpaired) electrons. The van der Waals surface area contributed by atoms with Crippen LogP contribution in [-0.2, 0) is 0 Å². The van der Waals surface area contributed by atoms with Gasteiger partial charge in [-0.05, 0) is 36.4 Å². The quantitative estimate of drug-likeness (QED) is 0.865. The highest BCUT2D eigenvalue weighted by atomic mass is 15.2. The van der Waals surface area contributed by atoms with Crippen molar-refractivity contribution in [2.45, 2.75) is 40.2 Å². The topological polar surface area (TPSA) is 15.3 Å². The van der Waals surface area contributed by atoms with Crippen molar-refractivity contribution in [2.75, 3.05) is 24.5 Å². The predicted octanol–water partition coefficient (Wildman–Crippen LogP) is 3.84. The molecule has 0 aromatic heterocycles. The third kappa shape index (κ3) is 3.11. The molecule has 1 aliphatic heterocycles. The normalized spacial score (nSPS) is 24.7. The maximum atomic E-state index is 3.61. The van der Waals surface area contributed by atoms with E-state index in [-0.39, 0.29) is 0 Å². The summed E-state index contributed by atoms with van der Waals surface area (Å²) in [5.41, 5.74) is 2.90. The van der Waals surface area contributed by atoms with E-state index in [0.717, 1.165) is 24.8 Å². The van der Waals surface area contributed by atoms with E-state index in [1.165, 1.54) is 24.3 Å². The summed E-state index contributed by atoms with van der Waals surface area (Å²) in [5, 5.41) is 3.61. The summed E-state index contributed by atoms with van der Waals surface area (Å²) in [6.07, 6.45) is 1.14. The lowest BCUT2D eigenvalue weighted by Crippen LogP contribution is -2.26. The van der Waals surface area contributed by atoms with Crippen molar-refractivity contribution in [2.24, 2.45) is 11.8 Å². The lowest BCUT2D eigenvalue weighted by atomic mass is 10.0. The second-order valence-electron chi connectivity index (χ2n) is 5.94. The van der Waals surface area contributed by atoms with Crippen LogP contribution in [0.25, 0.3) is 0 Å². The lowest BCUT2D eigenvalue weighted by molar-refractivity contribution is 0.494. The van der Waals surface area contributed by atoms with Gasteiger partial charge in [0.2, 0.25) is 0 Å². The first-order valence-corrected chi connectivity index (χ1v) is 7.74. The number of nitrogens with one attached hydrogen (secondary N) is 1. The van der Waals surface area contributed by atoms with E-state index in [0.29, 0.717) is 6.04 Å². The zero-order valence-corrected chi connectivity index (χ0v) is 12.8. The number of anilines is 1. The SMILES string of the molecule is CCNC(CC)c1ccccc1N1CC(C)C(C)C1. The molecule has 3 unspecified atom stereocenters. The van der Waals surface area contributed by atoms with E-state index < -0.39 is 0 Å². The maximum absolute atomic E-state index is 3.61. The van der Waals surface area contributed by atoms with Crippen LogP contribution >= 0.6 is 0 Å². The molecule has 0 amide bonds. The molecule has 1 aromatic rings. The number of hydrogen-bond acceptors (Lipinski definition) is 2. The Morgan fingerprint density at radius 3 is 2.37 bits per heavy atom. The number of nitrogens with zero attached hydrogens (tertiary/aromatic N) is 1. The summed E-state index contributed by atoms with van der Waals surface area (Å²) in [7, 11) is 0. The average molecular weight is 260 g/mol. The van der Waals surface area contributed by atoms with Crippen molar-refractivity contribution < 1.29 is 0 Å². The Balaban J connectivity index is 2.25. The highest BCUT2D eigenvalue weighted by Crippen LogP contribution is 2.33. The number of hydrogen-bond donors (Lipinski definition) is 1. The van der Waals surface area contributed by atoms with Crippen molar-refractivity contribution >= 4 is 5.69 Å². The minimum Gasteiger partial charge on any atom is -0.371 e. The molecule has 1 aliphatic rings. The van der Waals surface area contributed by atoms with E-state index in [1.54, 1.807) is 0 Å². The van der Waals surface area contributed by atoms with E-state index in [9.17, 15) is 0 Å². The van der Waals surface area contributed by atoms with Gasteiger partial charge in [-0.25, -0.2) is 0 Å². The van der Waals surface area contributed by atoms with Gasteiger partial charge in [-0.1, -0.05) is 45.9 Å². The fourth-order valence-corrected chi connectivity index (χ4v) is 3.12. The second-order valence-corrected chi connectivity index (χ2v) is 5.94. The summed E-state index contributed by atoms with van der Waals surface area (Å²) in [6.45, 7) is 12.6. The Morgan fingerprint density at radius 2 is 1.79 bits per heavy atom. The van der Waals surface area contributed by atoms with Gasteiger partial charge in [0.1, 0.15) is 0 Å². The predicted molar refractivity (Wildman–Crippen MR) is 83.7 cm³/mol. The fraction of sp³-hybridized carbons (Fsp3) is 0.647. The molecular weight excluding hydrogens is 232 g/mol. The van der Waals surface area contributed by atoms with Crippen LogP contribution in [0.15, 0.2) is 24.3 Å². The highest BCUT2D eigenvalue weighted by Gasteiger charge is 2.28. The van der Waals surface area contributed by atoms with Gasteiger partial charge in [-0.3, -0.25) is 0 Å². The van der Waals surface area contributed by atoms with Crippen LogP contribution in [0.2, 0.25) is 0 Å². The molecule has 0 bridgehead atoms. The van der Waals surface area contributed by atoms with Crippen LogP contribution in [0.1, 0.15) is 45.7 Å². The van der Waals surface area contributed by atoms with Crippen LogP contribution < -0.4 is 10.2 Å². The molecule has 1 heterocycles. The Morgan fingerprint density at radius 1 is 1.16 bits per heavy atom. The van der Waals surface area contributed by atoms with Crippen LogP contribution in [0, 0.1) is 11.8 Å². The van der Waals surface area contributed by atoms with Gasteiger partial charge >= 0.3 is 0 Å². The average Bonchev–Trinajstić information content (AvgIpc) is 2.76. The van der Waals surface area contributed by atoms with Crippen molar-refractivity contribution in [3.05, 3.63) is 29.8 Å². The molecular formula is C17H28N2. The minimum atomic E-state index is 0.479. The van der Waals surface area contributed by atoms with E-state index in [1.807, 2.05) is 0 Å². The Bertz CT molecular complexity index is 392. The largest absolute Gasteiger partial charge is 0.371 e. The molecule has 1 fully saturated rings. The van der Waals surface area contributed by atoms with Gasteiger partial charge in [0.25, 0.3) is 0 Å². The molecule has 0 spiro atoms. The summed E-state index contributed by atoms with van der Waals surface area (Å²) in [5.74, 6) is 1.60. The Kier molecular flexibility index (Phi) is 4.87. The third-order valence-corrected chi connectivity index (χ3v) is 4.50. The van der Waals surface area contributed by atoms with Crippen molar-refractivity contribution in [3.8, 4) is 0 Å². The van der Waals surface area contributed by atoms with Crippen LogP contribution in [0.5, 0.6) is 0 Å². The van der Waals surface area contributed by atoms with Gasteiger partial charge in [0.15, 0.2) is 0 Å². The van der Waals surface area contributed by atoms with E-state index in [4.69, 9.17) is 0 Å². The first-order chi connectivity index (χ1) is 9.17. The summed E-state index contributed by atoms with van der Waals surface area (Å²) in [4.78, 5) is 2.57. The highest BCUT2D eigenvalue weighted by molar-refractivity contribution is 5.56. The van der Waals surface area contributed by atoms with Crippen LogP contribution in [0.3, 0.4) is 0 Å². The van der Waals surface area contributed by atoms with Gasteiger partial charge in [-0.15, -0.1) is 0 Å². The fourth-order valence-electron chi connectivity index (χ4n) is 3.12. The monoisotopic (exact) mass is 260 g/mol. The number of para-hydroxylation sites is 1. The number of rotatable bonds is 5. The molecule has 2 nitrogen and oxygen atoms in total. The molecule has 1 N–H and O–H groups in total. The standard InChI is InChI=1S/C17H28N2/c1-5-16(18-6-2)15-9-7-8-10-17(15)19-11-13(3)14(4)12-19/h7-10,13-14,16,18H,5-6,11-12H2,1-4H3.